The standard InChI is InChI=1S/C26H33ClN2O3S.C2H6/c1-33(31,32)29(24-8-3-2-4-9-24)20-21-7-5-17-28(19-21)18-14-25(30)26(15-6-16-26)22-10-12-23(27)13-11-22;1-2/h2-4,8-13,21H,5-7,14-20H2,1H3;1-2H3. The van der Waals surface area contributed by atoms with Crippen LogP contribution in [0.25, 0.3) is 0 Å². The number of hydrogen-bond donors (Lipinski definition) is 0. The molecule has 2 fully saturated rings. The van der Waals surface area contributed by atoms with Gasteiger partial charge < -0.3 is 4.90 Å². The molecule has 1 unspecified atom stereocenters. The normalized spacial score (nSPS) is 19.7. The molecule has 2 aromatic rings. The molecule has 1 saturated heterocycles. The van der Waals surface area contributed by atoms with E-state index in [0.29, 0.717) is 29.5 Å². The fourth-order valence-corrected chi connectivity index (χ4v) is 6.40. The molecule has 35 heavy (non-hydrogen) atoms. The van der Waals surface area contributed by atoms with Crippen molar-refractivity contribution < 1.29 is 13.2 Å². The summed E-state index contributed by atoms with van der Waals surface area (Å²) in [5.41, 5.74) is 1.45. The molecule has 5 nitrogen and oxygen atoms in total. The Kier molecular flexibility index (Phi) is 9.79. The van der Waals surface area contributed by atoms with E-state index in [1.165, 1.54) is 10.6 Å². The van der Waals surface area contributed by atoms with Gasteiger partial charge in [-0.25, -0.2) is 8.42 Å². The number of likely N-dealkylation sites (tertiary alicyclic amines) is 1. The number of anilines is 1. The largest absolute Gasteiger partial charge is 0.303 e. The Morgan fingerprint density at radius 2 is 1.71 bits per heavy atom. The fourth-order valence-electron chi connectivity index (χ4n) is 5.29. The van der Waals surface area contributed by atoms with Crippen LogP contribution in [0.5, 0.6) is 0 Å². The molecular formula is C28H39ClN2O3S. The molecule has 0 bridgehead atoms. The molecule has 1 atom stereocenters. The predicted molar refractivity (Wildman–Crippen MR) is 146 cm³/mol. The summed E-state index contributed by atoms with van der Waals surface area (Å²) in [5, 5.41) is 0.693. The van der Waals surface area contributed by atoms with Crippen molar-refractivity contribution in [2.45, 2.75) is 57.8 Å². The zero-order chi connectivity index (χ0) is 25.5. The maximum atomic E-state index is 13.3. The number of carbonyl (C=O) groups is 1. The Bertz CT molecular complexity index is 1050. The molecule has 0 N–H and O–H groups in total. The SMILES string of the molecule is CC.CS(=O)(=O)N(CC1CCCN(CCC(=O)C2(c3ccc(Cl)cc3)CCC2)C1)c1ccccc1. The van der Waals surface area contributed by atoms with Crippen LogP contribution in [-0.2, 0) is 20.2 Å². The van der Waals surface area contributed by atoms with Gasteiger partial charge >= 0.3 is 0 Å². The van der Waals surface area contributed by atoms with Crippen molar-refractivity contribution in [1.82, 2.24) is 4.90 Å². The lowest BCUT2D eigenvalue weighted by Crippen LogP contribution is -2.46. The van der Waals surface area contributed by atoms with E-state index in [2.05, 4.69) is 4.90 Å². The molecule has 192 valence electrons. The summed E-state index contributed by atoms with van der Waals surface area (Å²) in [6, 6.07) is 17.1. The molecule has 2 aliphatic rings. The lowest BCUT2D eigenvalue weighted by Gasteiger charge is -2.42. The molecule has 1 aliphatic heterocycles. The van der Waals surface area contributed by atoms with Crippen molar-refractivity contribution >= 4 is 33.1 Å². The minimum absolute atomic E-state index is 0.248. The summed E-state index contributed by atoms with van der Waals surface area (Å²) in [6.45, 7) is 6.99. The van der Waals surface area contributed by atoms with Crippen molar-refractivity contribution in [1.29, 1.82) is 0 Å². The number of benzene rings is 2. The Hall–Kier alpha value is -1.89. The van der Waals surface area contributed by atoms with Crippen LogP contribution in [0.15, 0.2) is 54.6 Å². The van der Waals surface area contributed by atoms with Gasteiger partial charge in [0.15, 0.2) is 0 Å². The second-order valence-electron chi connectivity index (χ2n) is 9.55. The third-order valence-electron chi connectivity index (χ3n) is 7.26. The Morgan fingerprint density at radius 3 is 2.29 bits per heavy atom. The van der Waals surface area contributed by atoms with E-state index in [-0.39, 0.29) is 11.3 Å². The Balaban J connectivity index is 0.00000167. The van der Waals surface area contributed by atoms with Gasteiger partial charge in [-0.3, -0.25) is 9.10 Å². The average Bonchev–Trinajstić information content (AvgIpc) is 2.83. The molecule has 0 aromatic heterocycles. The monoisotopic (exact) mass is 518 g/mol. The summed E-state index contributed by atoms with van der Waals surface area (Å²) in [4.78, 5) is 15.6. The molecule has 4 rings (SSSR count). The summed E-state index contributed by atoms with van der Waals surface area (Å²) >= 11 is 6.05. The second-order valence-corrected chi connectivity index (χ2v) is 11.9. The Morgan fingerprint density at radius 1 is 1.06 bits per heavy atom. The molecule has 7 heteroatoms. The Labute approximate surface area is 216 Å². The molecule has 0 spiro atoms. The van der Waals surface area contributed by atoms with Gasteiger partial charge in [0.25, 0.3) is 0 Å². The number of rotatable bonds is 9. The maximum Gasteiger partial charge on any atom is 0.232 e. The quantitative estimate of drug-likeness (QED) is 0.413. The molecule has 1 aliphatic carbocycles. The smallest absolute Gasteiger partial charge is 0.232 e. The van der Waals surface area contributed by atoms with Gasteiger partial charge in [-0.2, -0.15) is 0 Å². The van der Waals surface area contributed by atoms with Crippen LogP contribution in [0.3, 0.4) is 0 Å². The fraction of sp³-hybridized carbons (Fsp3) is 0.536. The van der Waals surface area contributed by atoms with Gasteiger partial charge in [0.1, 0.15) is 5.78 Å². The van der Waals surface area contributed by atoms with Gasteiger partial charge in [-0.15, -0.1) is 0 Å². The first-order valence-corrected chi connectivity index (χ1v) is 15.0. The van der Waals surface area contributed by atoms with Crippen molar-refractivity contribution in [3.8, 4) is 0 Å². The van der Waals surface area contributed by atoms with Crippen molar-refractivity contribution in [3.05, 3.63) is 65.2 Å². The van der Waals surface area contributed by atoms with E-state index in [0.717, 1.165) is 57.3 Å². The molecule has 2 aromatic carbocycles. The number of nitrogens with zero attached hydrogens (tertiary/aromatic N) is 2. The highest BCUT2D eigenvalue weighted by Gasteiger charge is 2.44. The van der Waals surface area contributed by atoms with Gasteiger partial charge in [-0.1, -0.05) is 62.2 Å². The van der Waals surface area contributed by atoms with Crippen molar-refractivity contribution in [3.63, 3.8) is 0 Å². The van der Waals surface area contributed by atoms with E-state index < -0.39 is 10.0 Å². The summed E-state index contributed by atoms with van der Waals surface area (Å²) < 4.78 is 26.5. The van der Waals surface area contributed by atoms with Crippen LogP contribution < -0.4 is 4.31 Å². The number of halogens is 1. The molecule has 1 saturated carbocycles. The molecular weight excluding hydrogens is 480 g/mol. The lowest BCUT2D eigenvalue weighted by atomic mass is 9.61. The predicted octanol–water partition coefficient (Wildman–Crippen LogP) is 5.93. The first-order chi connectivity index (χ1) is 16.8. The van der Waals surface area contributed by atoms with Crippen LogP contribution in [0.2, 0.25) is 5.02 Å². The minimum Gasteiger partial charge on any atom is -0.303 e. The van der Waals surface area contributed by atoms with Gasteiger partial charge in [0.05, 0.1) is 17.4 Å². The van der Waals surface area contributed by atoms with E-state index in [1.807, 2.05) is 68.4 Å². The van der Waals surface area contributed by atoms with Gasteiger partial charge in [-0.05, 0) is 68.0 Å². The zero-order valence-electron chi connectivity index (χ0n) is 21.2. The van der Waals surface area contributed by atoms with E-state index >= 15 is 0 Å². The third kappa shape index (κ3) is 6.87. The maximum absolute atomic E-state index is 13.3. The molecule has 0 radical (unpaired) electrons. The highest BCUT2D eigenvalue weighted by molar-refractivity contribution is 7.92. The van der Waals surface area contributed by atoms with Crippen molar-refractivity contribution in [2.24, 2.45) is 5.92 Å². The minimum atomic E-state index is -3.36. The van der Waals surface area contributed by atoms with Crippen LogP contribution in [0.4, 0.5) is 5.69 Å². The van der Waals surface area contributed by atoms with Gasteiger partial charge in [0, 0.05) is 31.1 Å². The lowest BCUT2D eigenvalue weighted by molar-refractivity contribution is -0.128. The number of Topliss-reactive ketones (excluding diaryl/α,β-unsaturated/α-hetero) is 1. The van der Waals surface area contributed by atoms with Gasteiger partial charge in [0.2, 0.25) is 10.0 Å². The third-order valence-corrected chi connectivity index (χ3v) is 8.68. The second kappa shape index (κ2) is 12.4. The van der Waals surface area contributed by atoms with E-state index in [4.69, 9.17) is 11.6 Å². The highest BCUT2D eigenvalue weighted by Crippen LogP contribution is 2.45. The number of sulfonamides is 1. The van der Waals surface area contributed by atoms with E-state index in [1.54, 1.807) is 0 Å². The highest BCUT2D eigenvalue weighted by atomic mass is 35.5. The number of hydrogen-bond acceptors (Lipinski definition) is 4. The molecule has 1 heterocycles. The average molecular weight is 519 g/mol. The first kappa shape index (κ1) is 27.7. The molecule has 0 amide bonds. The van der Waals surface area contributed by atoms with Crippen LogP contribution in [-0.4, -0.2) is 51.5 Å². The number of para-hydroxylation sites is 1. The summed E-state index contributed by atoms with van der Waals surface area (Å²) in [7, 11) is -3.36. The topological polar surface area (TPSA) is 57.7 Å². The van der Waals surface area contributed by atoms with E-state index in [9.17, 15) is 13.2 Å². The number of piperidine rings is 1. The van der Waals surface area contributed by atoms with Crippen molar-refractivity contribution in [2.75, 3.05) is 36.7 Å². The first-order valence-electron chi connectivity index (χ1n) is 12.8. The van der Waals surface area contributed by atoms with Crippen LogP contribution in [0, 0.1) is 5.92 Å². The van der Waals surface area contributed by atoms with Crippen LogP contribution >= 0.6 is 11.6 Å². The summed E-state index contributed by atoms with van der Waals surface area (Å²) in [6.07, 6.45) is 6.73. The van der Waals surface area contributed by atoms with Crippen LogP contribution in [0.1, 0.15) is 57.9 Å². The summed E-state index contributed by atoms with van der Waals surface area (Å²) in [5.74, 6) is 0.568. The number of ketones is 1. The zero-order valence-corrected chi connectivity index (χ0v) is 22.8. The number of carbonyl (C=O) groups excluding carboxylic acids is 1.